The summed E-state index contributed by atoms with van der Waals surface area (Å²) in [5.41, 5.74) is 3.79. The van der Waals surface area contributed by atoms with Crippen LogP contribution in [0.3, 0.4) is 0 Å². The average Bonchev–Trinajstić information content (AvgIpc) is 2.83. The van der Waals surface area contributed by atoms with Gasteiger partial charge in [0, 0.05) is 11.3 Å². The second-order valence-corrected chi connectivity index (χ2v) is 6.65. The van der Waals surface area contributed by atoms with Crippen LogP contribution in [0.25, 0.3) is 18.2 Å². The van der Waals surface area contributed by atoms with Gasteiger partial charge in [0.1, 0.15) is 5.75 Å². The maximum atomic E-state index is 11.9. The summed E-state index contributed by atoms with van der Waals surface area (Å²) < 4.78 is 15.2. The van der Waals surface area contributed by atoms with E-state index in [1.165, 1.54) is 13.4 Å². The zero-order valence-electron chi connectivity index (χ0n) is 17.8. The Hall–Kier alpha value is -4.32. The lowest BCUT2D eigenvalue weighted by atomic mass is 10.1. The molecule has 3 aromatic carbocycles. The minimum absolute atomic E-state index is 0.365. The highest BCUT2D eigenvalue weighted by molar-refractivity contribution is 5.89. The molecule has 162 valence electrons. The van der Waals surface area contributed by atoms with E-state index in [1.807, 2.05) is 60.7 Å². The lowest BCUT2D eigenvalue weighted by molar-refractivity contribution is 0.0600. The number of hydrogen-bond donors (Lipinski definition) is 1. The highest BCUT2D eigenvalue weighted by Crippen LogP contribution is 2.23. The van der Waals surface area contributed by atoms with Gasteiger partial charge in [0.15, 0.2) is 0 Å². The number of para-hydroxylation sites is 1. The summed E-state index contributed by atoms with van der Waals surface area (Å²) in [5, 5.41) is 2.63. The van der Waals surface area contributed by atoms with Gasteiger partial charge in [-0.15, -0.1) is 0 Å². The van der Waals surface area contributed by atoms with Crippen LogP contribution in [-0.2, 0) is 9.47 Å². The van der Waals surface area contributed by atoms with E-state index in [-0.39, 0.29) is 5.97 Å². The molecule has 0 aromatic heterocycles. The van der Waals surface area contributed by atoms with Crippen molar-refractivity contribution in [2.75, 3.05) is 19.5 Å². The quantitative estimate of drug-likeness (QED) is 0.289. The summed E-state index contributed by atoms with van der Waals surface area (Å²) in [4.78, 5) is 23.4. The molecule has 6 nitrogen and oxygen atoms in total. The third-order valence-electron chi connectivity index (χ3n) is 4.50. The van der Waals surface area contributed by atoms with Crippen LogP contribution in [0.4, 0.5) is 10.5 Å². The molecule has 0 spiro atoms. The van der Waals surface area contributed by atoms with Crippen LogP contribution in [0.2, 0.25) is 0 Å². The topological polar surface area (TPSA) is 73.9 Å². The summed E-state index contributed by atoms with van der Waals surface area (Å²) in [6.07, 6.45) is 6.26. The fourth-order valence-electron chi connectivity index (χ4n) is 2.85. The van der Waals surface area contributed by atoms with Gasteiger partial charge in [-0.1, -0.05) is 54.6 Å². The van der Waals surface area contributed by atoms with Gasteiger partial charge in [-0.05, 0) is 47.5 Å². The number of amides is 1. The fraction of sp³-hybridized carbons (Fsp3) is 0.0769. The van der Waals surface area contributed by atoms with Gasteiger partial charge in [0.25, 0.3) is 0 Å². The highest BCUT2D eigenvalue weighted by atomic mass is 16.5. The first-order valence-electron chi connectivity index (χ1n) is 9.83. The molecule has 0 aliphatic rings. The molecule has 0 aliphatic carbocycles. The monoisotopic (exact) mass is 429 g/mol. The standard InChI is InChI=1S/C26H23NO5/c1-30-24-18-20(9-8-19-10-14-22(15-11-19)25(28)31-2)12-13-21(24)16-17-32-26(29)27-23-6-4-3-5-7-23/h3-18H,1-2H3,(H,27,29). The van der Waals surface area contributed by atoms with Crippen LogP contribution in [0, 0.1) is 0 Å². The number of nitrogens with one attached hydrogen (secondary N) is 1. The van der Waals surface area contributed by atoms with Gasteiger partial charge in [0.2, 0.25) is 0 Å². The van der Waals surface area contributed by atoms with Crippen LogP contribution >= 0.6 is 0 Å². The van der Waals surface area contributed by atoms with E-state index in [0.29, 0.717) is 17.0 Å². The smallest absolute Gasteiger partial charge is 0.416 e. The van der Waals surface area contributed by atoms with Crippen molar-refractivity contribution >= 4 is 36.0 Å². The van der Waals surface area contributed by atoms with Crippen LogP contribution < -0.4 is 10.1 Å². The molecule has 0 fully saturated rings. The lowest BCUT2D eigenvalue weighted by Gasteiger charge is -2.07. The van der Waals surface area contributed by atoms with Crippen molar-refractivity contribution in [1.82, 2.24) is 0 Å². The number of benzene rings is 3. The summed E-state index contributed by atoms with van der Waals surface area (Å²) in [6.45, 7) is 0. The number of rotatable bonds is 7. The van der Waals surface area contributed by atoms with Crippen LogP contribution in [0.5, 0.6) is 5.75 Å². The second kappa shape index (κ2) is 11.2. The first kappa shape index (κ1) is 22.4. The molecule has 0 saturated heterocycles. The summed E-state index contributed by atoms with van der Waals surface area (Å²) in [5.74, 6) is 0.270. The van der Waals surface area contributed by atoms with Crippen molar-refractivity contribution in [2.45, 2.75) is 0 Å². The normalized spacial score (nSPS) is 10.8. The lowest BCUT2D eigenvalue weighted by Crippen LogP contribution is -2.10. The maximum Gasteiger partial charge on any atom is 0.416 e. The Morgan fingerprint density at radius 3 is 2.19 bits per heavy atom. The molecule has 0 saturated carbocycles. The summed E-state index contributed by atoms with van der Waals surface area (Å²) in [7, 11) is 2.93. The van der Waals surface area contributed by atoms with Crippen molar-refractivity contribution in [2.24, 2.45) is 0 Å². The molecule has 0 bridgehead atoms. The van der Waals surface area contributed by atoms with Crippen molar-refractivity contribution in [3.05, 3.63) is 101 Å². The van der Waals surface area contributed by atoms with Crippen LogP contribution in [0.15, 0.2) is 79.1 Å². The molecule has 3 rings (SSSR count). The number of esters is 1. The molecule has 3 aromatic rings. The van der Waals surface area contributed by atoms with Crippen LogP contribution in [-0.4, -0.2) is 26.3 Å². The van der Waals surface area contributed by atoms with E-state index in [0.717, 1.165) is 16.7 Å². The largest absolute Gasteiger partial charge is 0.496 e. The van der Waals surface area contributed by atoms with Crippen molar-refractivity contribution < 1.29 is 23.8 Å². The molecule has 0 atom stereocenters. The van der Waals surface area contributed by atoms with Crippen LogP contribution in [0.1, 0.15) is 27.0 Å². The Labute approximate surface area is 186 Å². The molecular weight excluding hydrogens is 406 g/mol. The van der Waals surface area contributed by atoms with E-state index < -0.39 is 6.09 Å². The zero-order chi connectivity index (χ0) is 22.8. The molecule has 0 heterocycles. The Kier molecular flexibility index (Phi) is 7.81. The Bertz CT molecular complexity index is 1120. The summed E-state index contributed by atoms with van der Waals surface area (Å²) in [6, 6.07) is 21.8. The van der Waals surface area contributed by atoms with E-state index in [2.05, 4.69) is 5.32 Å². The summed E-state index contributed by atoms with van der Waals surface area (Å²) >= 11 is 0. The Balaban J connectivity index is 1.62. The maximum absolute atomic E-state index is 11.9. The van der Waals surface area contributed by atoms with Gasteiger partial charge < -0.3 is 14.2 Å². The SMILES string of the molecule is COC(=O)c1ccc(C=Cc2ccc(C=COC(=O)Nc3ccccc3)c(OC)c2)cc1. The third-order valence-corrected chi connectivity index (χ3v) is 4.50. The molecular formula is C26H23NO5. The molecule has 32 heavy (non-hydrogen) atoms. The van der Waals surface area contributed by atoms with Crippen molar-refractivity contribution in [1.29, 1.82) is 0 Å². The predicted octanol–water partition coefficient (Wildman–Crippen LogP) is 5.87. The number of ether oxygens (including phenoxy) is 3. The molecule has 0 radical (unpaired) electrons. The Morgan fingerprint density at radius 1 is 0.812 bits per heavy atom. The number of carbonyl (C=O) groups is 2. The molecule has 1 N–H and O–H groups in total. The molecule has 0 unspecified atom stereocenters. The second-order valence-electron chi connectivity index (χ2n) is 6.65. The van der Waals surface area contributed by atoms with Crippen molar-refractivity contribution in [3.8, 4) is 5.75 Å². The minimum atomic E-state index is -0.579. The predicted molar refractivity (Wildman–Crippen MR) is 125 cm³/mol. The first-order chi connectivity index (χ1) is 15.6. The van der Waals surface area contributed by atoms with E-state index in [4.69, 9.17) is 14.2 Å². The van der Waals surface area contributed by atoms with Crippen molar-refractivity contribution in [3.63, 3.8) is 0 Å². The fourth-order valence-corrected chi connectivity index (χ4v) is 2.85. The van der Waals surface area contributed by atoms with Gasteiger partial charge in [0.05, 0.1) is 26.0 Å². The first-order valence-corrected chi connectivity index (χ1v) is 9.83. The van der Waals surface area contributed by atoms with E-state index >= 15 is 0 Å². The van der Waals surface area contributed by atoms with E-state index in [9.17, 15) is 9.59 Å². The minimum Gasteiger partial charge on any atom is -0.496 e. The van der Waals surface area contributed by atoms with Gasteiger partial charge in [-0.3, -0.25) is 5.32 Å². The third kappa shape index (κ3) is 6.34. The van der Waals surface area contributed by atoms with E-state index in [1.54, 1.807) is 37.5 Å². The molecule has 0 aliphatic heterocycles. The highest BCUT2D eigenvalue weighted by Gasteiger charge is 2.04. The molecule has 1 amide bonds. The number of carbonyl (C=O) groups excluding carboxylic acids is 2. The van der Waals surface area contributed by atoms with Gasteiger partial charge in [-0.25, -0.2) is 9.59 Å². The number of methoxy groups -OCH3 is 2. The number of anilines is 1. The molecule has 6 heteroatoms. The number of hydrogen-bond acceptors (Lipinski definition) is 5. The Morgan fingerprint density at radius 2 is 1.50 bits per heavy atom. The average molecular weight is 429 g/mol. The van der Waals surface area contributed by atoms with Gasteiger partial charge in [-0.2, -0.15) is 0 Å². The zero-order valence-corrected chi connectivity index (χ0v) is 17.8. The van der Waals surface area contributed by atoms with Gasteiger partial charge >= 0.3 is 12.1 Å².